The number of esters is 1. The first-order chi connectivity index (χ1) is 9.66. The summed E-state index contributed by atoms with van der Waals surface area (Å²) in [6, 6.07) is 9.67. The molecule has 0 fully saturated rings. The van der Waals surface area contributed by atoms with E-state index in [0.29, 0.717) is 11.3 Å². The lowest BCUT2D eigenvalue weighted by atomic mass is 10.1. The van der Waals surface area contributed by atoms with Gasteiger partial charge in [0.1, 0.15) is 5.56 Å². The number of nitrogens with zero attached hydrogens (tertiary/aromatic N) is 2. The van der Waals surface area contributed by atoms with E-state index < -0.39 is 5.97 Å². The maximum absolute atomic E-state index is 12.2. The van der Waals surface area contributed by atoms with Crippen molar-refractivity contribution >= 4 is 16.9 Å². The summed E-state index contributed by atoms with van der Waals surface area (Å²) in [4.78, 5) is 20.8. The van der Waals surface area contributed by atoms with Gasteiger partial charge in [0.15, 0.2) is 0 Å². The van der Waals surface area contributed by atoms with Crippen LogP contribution in [0.4, 0.5) is 0 Å². The standard InChI is InChI=1S/C16H14N2O2/c1-10(2)20-16(19)13-9-17-8-7-12-11-5-3-4-6-14(11)18-15(12)13/h3-10H,1-2H3. The number of hydrogen-bond acceptors (Lipinski definition) is 4. The smallest absolute Gasteiger partial charge is 0.342 e. The minimum Gasteiger partial charge on any atom is -0.459 e. The molecule has 0 radical (unpaired) electrons. The zero-order valence-electron chi connectivity index (χ0n) is 11.3. The molecule has 2 aliphatic heterocycles. The Hall–Kier alpha value is -2.49. The molecule has 0 amide bonds. The fraction of sp³-hybridized carbons (Fsp3) is 0.188. The van der Waals surface area contributed by atoms with Crippen molar-refractivity contribution in [3.8, 4) is 11.3 Å². The number of para-hydroxylation sites is 1. The lowest BCUT2D eigenvalue weighted by Gasteiger charge is -2.07. The number of benzene rings is 1. The van der Waals surface area contributed by atoms with Crippen LogP contribution in [-0.2, 0) is 4.74 Å². The maximum atomic E-state index is 12.2. The molecule has 100 valence electrons. The van der Waals surface area contributed by atoms with Crippen molar-refractivity contribution in [3.63, 3.8) is 0 Å². The van der Waals surface area contributed by atoms with Crippen molar-refractivity contribution < 1.29 is 9.53 Å². The van der Waals surface area contributed by atoms with Crippen molar-refractivity contribution in [3.05, 3.63) is 48.3 Å². The van der Waals surface area contributed by atoms with Gasteiger partial charge in [0.05, 0.1) is 17.3 Å². The normalized spacial score (nSPS) is 11.2. The first kappa shape index (κ1) is 12.5. The Morgan fingerprint density at radius 3 is 2.80 bits per heavy atom. The lowest BCUT2D eigenvalue weighted by Crippen LogP contribution is -2.12. The third-order valence-corrected chi connectivity index (χ3v) is 3.03. The maximum Gasteiger partial charge on any atom is 0.342 e. The Morgan fingerprint density at radius 2 is 2.00 bits per heavy atom. The number of carbonyl (C=O) groups excluding carboxylic acids is 1. The first-order valence-corrected chi connectivity index (χ1v) is 6.50. The van der Waals surface area contributed by atoms with Crippen molar-refractivity contribution in [2.45, 2.75) is 20.0 Å². The molecule has 20 heavy (non-hydrogen) atoms. The van der Waals surface area contributed by atoms with Gasteiger partial charge in [-0.3, -0.25) is 4.98 Å². The lowest BCUT2D eigenvalue weighted by molar-refractivity contribution is 0.0378. The quantitative estimate of drug-likeness (QED) is 0.668. The van der Waals surface area contributed by atoms with Crippen molar-refractivity contribution in [1.29, 1.82) is 0 Å². The number of fused-ring (bicyclic) bond motifs is 3. The summed E-state index contributed by atoms with van der Waals surface area (Å²) in [7, 11) is 0. The molecule has 0 aliphatic carbocycles. The molecule has 0 saturated carbocycles. The van der Waals surface area contributed by atoms with Crippen LogP contribution in [0.5, 0.6) is 0 Å². The highest BCUT2D eigenvalue weighted by molar-refractivity contribution is 6.04. The minimum absolute atomic E-state index is 0.174. The second kappa shape index (κ2) is 4.89. The monoisotopic (exact) mass is 266 g/mol. The third-order valence-electron chi connectivity index (χ3n) is 3.03. The van der Waals surface area contributed by atoms with Crippen LogP contribution in [0.1, 0.15) is 24.2 Å². The second-order valence-electron chi connectivity index (χ2n) is 4.85. The molecule has 4 nitrogen and oxygen atoms in total. The van der Waals surface area contributed by atoms with E-state index in [1.165, 1.54) is 6.20 Å². The molecular weight excluding hydrogens is 252 g/mol. The van der Waals surface area contributed by atoms with E-state index in [9.17, 15) is 4.79 Å². The van der Waals surface area contributed by atoms with E-state index in [4.69, 9.17) is 4.74 Å². The van der Waals surface area contributed by atoms with E-state index in [0.717, 1.165) is 16.5 Å². The Balaban J connectivity index is 2.22. The van der Waals surface area contributed by atoms with Crippen LogP contribution in [-0.4, -0.2) is 22.0 Å². The average Bonchev–Trinajstić information content (AvgIpc) is 2.63. The SMILES string of the molecule is CC(C)OC(=O)c1cnccc2c3ccccc3nc1-2. The van der Waals surface area contributed by atoms with Gasteiger partial charge in [-0.15, -0.1) is 0 Å². The zero-order chi connectivity index (χ0) is 14.1. The predicted molar refractivity (Wildman–Crippen MR) is 76.7 cm³/mol. The third kappa shape index (κ3) is 2.09. The van der Waals surface area contributed by atoms with Gasteiger partial charge in [-0.2, -0.15) is 0 Å². The highest BCUT2D eigenvalue weighted by Gasteiger charge is 2.20. The Labute approximate surface area is 116 Å². The van der Waals surface area contributed by atoms with Crippen LogP contribution in [0.25, 0.3) is 22.2 Å². The summed E-state index contributed by atoms with van der Waals surface area (Å²) >= 11 is 0. The summed E-state index contributed by atoms with van der Waals surface area (Å²) in [6.07, 6.45) is 3.01. The molecule has 0 bridgehead atoms. The molecule has 0 spiro atoms. The predicted octanol–water partition coefficient (Wildman–Crippen LogP) is 3.30. The minimum atomic E-state index is -0.392. The van der Waals surface area contributed by atoms with Gasteiger partial charge in [0.25, 0.3) is 0 Å². The average molecular weight is 266 g/mol. The van der Waals surface area contributed by atoms with Crippen LogP contribution in [0.2, 0.25) is 0 Å². The molecule has 1 aromatic carbocycles. The molecule has 2 heterocycles. The van der Waals surface area contributed by atoms with Gasteiger partial charge >= 0.3 is 5.97 Å². The Bertz CT molecular complexity index is 753. The Morgan fingerprint density at radius 1 is 1.20 bits per heavy atom. The Kier molecular flexibility index (Phi) is 3.06. The van der Waals surface area contributed by atoms with Gasteiger partial charge in [-0.25, -0.2) is 9.78 Å². The number of hydrogen-bond donors (Lipinski definition) is 0. The van der Waals surface area contributed by atoms with Gasteiger partial charge in [-0.1, -0.05) is 18.2 Å². The van der Waals surface area contributed by atoms with E-state index in [1.54, 1.807) is 6.20 Å². The van der Waals surface area contributed by atoms with Crippen LogP contribution in [0.3, 0.4) is 0 Å². The van der Waals surface area contributed by atoms with E-state index >= 15 is 0 Å². The highest BCUT2D eigenvalue weighted by Crippen LogP contribution is 2.32. The van der Waals surface area contributed by atoms with Gasteiger partial charge in [0.2, 0.25) is 0 Å². The second-order valence-corrected chi connectivity index (χ2v) is 4.85. The van der Waals surface area contributed by atoms with E-state index in [2.05, 4.69) is 9.97 Å². The number of aromatic nitrogens is 2. The molecule has 1 aromatic rings. The van der Waals surface area contributed by atoms with Crippen LogP contribution >= 0.6 is 0 Å². The summed E-state index contributed by atoms with van der Waals surface area (Å²) < 4.78 is 5.26. The molecule has 0 saturated heterocycles. The summed E-state index contributed by atoms with van der Waals surface area (Å²) in [5.74, 6) is -0.392. The molecule has 0 atom stereocenters. The molecule has 3 rings (SSSR count). The largest absolute Gasteiger partial charge is 0.459 e. The van der Waals surface area contributed by atoms with Gasteiger partial charge < -0.3 is 4.74 Å². The zero-order valence-corrected chi connectivity index (χ0v) is 11.3. The van der Waals surface area contributed by atoms with E-state index in [1.807, 2.05) is 44.2 Å². The number of rotatable bonds is 2. The number of carbonyl (C=O) groups is 1. The topological polar surface area (TPSA) is 52.1 Å². The fourth-order valence-electron chi connectivity index (χ4n) is 2.20. The summed E-state index contributed by atoms with van der Waals surface area (Å²) in [5, 5.41) is 1.01. The van der Waals surface area contributed by atoms with Gasteiger partial charge in [0, 0.05) is 23.3 Å². The molecule has 0 aromatic heterocycles. The van der Waals surface area contributed by atoms with Crippen LogP contribution < -0.4 is 0 Å². The number of ether oxygens (including phenoxy) is 1. The molecule has 0 unspecified atom stereocenters. The first-order valence-electron chi connectivity index (χ1n) is 6.50. The van der Waals surface area contributed by atoms with Crippen molar-refractivity contribution in [1.82, 2.24) is 9.97 Å². The molecular formula is C16H14N2O2. The highest BCUT2D eigenvalue weighted by atomic mass is 16.5. The van der Waals surface area contributed by atoms with E-state index in [-0.39, 0.29) is 6.10 Å². The van der Waals surface area contributed by atoms with Gasteiger partial charge in [-0.05, 0) is 26.0 Å². The molecule has 4 heteroatoms. The van der Waals surface area contributed by atoms with Crippen LogP contribution in [0.15, 0.2) is 42.7 Å². The van der Waals surface area contributed by atoms with Crippen LogP contribution in [0, 0.1) is 0 Å². The van der Waals surface area contributed by atoms with Crippen molar-refractivity contribution in [2.75, 3.05) is 0 Å². The summed E-state index contributed by atoms with van der Waals surface area (Å²) in [6.45, 7) is 3.64. The summed E-state index contributed by atoms with van der Waals surface area (Å²) in [5.41, 5.74) is 2.81. The molecule has 0 N–H and O–H groups in total. The fourth-order valence-corrected chi connectivity index (χ4v) is 2.20. The molecule has 2 aliphatic rings. The van der Waals surface area contributed by atoms with Crippen molar-refractivity contribution in [2.24, 2.45) is 0 Å².